The number of thiazole rings is 1. The summed E-state index contributed by atoms with van der Waals surface area (Å²) >= 11 is 1.17. The fourth-order valence-electron chi connectivity index (χ4n) is 3.75. The Bertz CT molecular complexity index is 1380. The van der Waals surface area contributed by atoms with Gasteiger partial charge in [0.25, 0.3) is 5.91 Å². The van der Waals surface area contributed by atoms with Crippen LogP contribution in [0.1, 0.15) is 18.4 Å². The van der Waals surface area contributed by atoms with Gasteiger partial charge in [-0.25, -0.2) is 18.4 Å². The molecule has 4 heterocycles. The van der Waals surface area contributed by atoms with Crippen LogP contribution < -0.4 is 10.6 Å². The SMILES string of the molecule is CNc1cnc2nc(NC(=O)/C(=N/O[C@@H]3CCOC3)c3ccc(S(=O)(=O)[C@H]4CCOC4)cc3)sc2n1. The van der Waals surface area contributed by atoms with E-state index >= 15 is 0 Å². The molecule has 2 aliphatic rings. The quantitative estimate of drug-likeness (QED) is 0.324. The van der Waals surface area contributed by atoms with Crippen LogP contribution in [0, 0.1) is 0 Å². The molecule has 0 spiro atoms. The number of rotatable bonds is 8. The van der Waals surface area contributed by atoms with Crippen LogP contribution in [-0.4, -0.2) is 79.8 Å². The zero-order chi connectivity index (χ0) is 25.1. The van der Waals surface area contributed by atoms with Crippen LogP contribution in [0.3, 0.4) is 0 Å². The summed E-state index contributed by atoms with van der Waals surface area (Å²) in [5, 5.41) is 9.46. The zero-order valence-corrected chi connectivity index (χ0v) is 21.0. The first-order chi connectivity index (χ1) is 17.4. The number of hydrogen-bond donors (Lipinski definition) is 2. The number of nitrogens with zero attached hydrogens (tertiary/aromatic N) is 4. The minimum atomic E-state index is -3.54. The van der Waals surface area contributed by atoms with Gasteiger partial charge in [-0.15, -0.1) is 0 Å². The Morgan fingerprint density at radius 2 is 1.92 bits per heavy atom. The van der Waals surface area contributed by atoms with Gasteiger partial charge in [-0.05, 0) is 18.6 Å². The van der Waals surface area contributed by atoms with Crippen LogP contribution >= 0.6 is 11.3 Å². The third-order valence-corrected chi connectivity index (χ3v) is 8.81. The molecule has 14 heteroatoms. The fraction of sp³-hybridized carbons (Fsp3) is 0.409. The maximum absolute atomic E-state index is 13.2. The average molecular weight is 533 g/mol. The highest BCUT2D eigenvalue weighted by Gasteiger charge is 2.31. The molecule has 0 bridgehead atoms. The molecular weight excluding hydrogens is 508 g/mol. The Labute approximate surface area is 211 Å². The van der Waals surface area contributed by atoms with E-state index in [2.05, 4.69) is 30.7 Å². The molecule has 0 unspecified atom stereocenters. The highest BCUT2D eigenvalue weighted by Crippen LogP contribution is 2.25. The summed E-state index contributed by atoms with van der Waals surface area (Å²) in [5.41, 5.74) is 0.770. The van der Waals surface area contributed by atoms with Crippen LogP contribution in [0.2, 0.25) is 0 Å². The van der Waals surface area contributed by atoms with Gasteiger partial charge in [0.2, 0.25) is 0 Å². The van der Waals surface area contributed by atoms with E-state index in [0.717, 1.165) is 0 Å². The lowest BCUT2D eigenvalue weighted by atomic mass is 10.1. The first kappa shape index (κ1) is 24.5. The first-order valence-corrected chi connectivity index (χ1v) is 13.7. The molecule has 190 valence electrons. The number of amides is 1. The van der Waals surface area contributed by atoms with E-state index in [1.54, 1.807) is 13.2 Å². The summed E-state index contributed by atoms with van der Waals surface area (Å²) in [6.45, 7) is 1.54. The second-order valence-corrected chi connectivity index (χ2v) is 11.4. The Morgan fingerprint density at radius 1 is 1.14 bits per heavy atom. The van der Waals surface area contributed by atoms with Crippen LogP contribution in [0.15, 0.2) is 40.5 Å². The van der Waals surface area contributed by atoms with Gasteiger partial charge in [0.05, 0.1) is 36.2 Å². The average Bonchev–Trinajstić information content (AvgIpc) is 3.66. The Hall–Kier alpha value is -3.20. The fourth-order valence-corrected chi connectivity index (χ4v) is 6.13. The van der Waals surface area contributed by atoms with Crippen molar-refractivity contribution in [2.24, 2.45) is 5.16 Å². The summed E-state index contributed by atoms with van der Waals surface area (Å²) in [7, 11) is -1.80. The molecule has 2 aliphatic heterocycles. The third kappa shape index (κ3) is 5.16. The molecule has 1 amide bonds. The zero-order valence-electron chi connectivity index (χ0n) is 19.3. The standard InChI is InChI=1S/C22H24N6O6S2/c1-23-17-10-24-19-21(25-17)35-22(26-19)27-20(29)18(28-34-14-6-8-32-11-14)13-2-4-15(5-3-13)36(30,31)16-7-9-33-12-16/h2-5,10,14,16H,6-9,11-12H2,1H3,(H,23,25)(H,24,26,27,29)/b28-18+/t14-,16+/m1/s1. The molecule has 36 heavy (non-hydrogen) atoms. The molecule has 2 fully saturated rings. The number of carbonyl (C=O) groups excluding carboxylic acids is 1. The summed E-state index contributed by atoms with van der Waals surface area (Å²) in [6, 6.07) is 6.01. The van der Waals surface area contributed by atoms with Crippen molar-refractivity contribution < 1.29 is 27.5 Å². The van der Waals surface area contributed by atoms with Gasteiger partial charge in [0, 0.05) is 25.6 Å². The topological polar surface area (TPSA) is 154 Å². The van der Waals surface area contributed by atoms with Crippen molar-refractivity contribution >= 4 is 54.2 Å². The van der Waals surface area contributed by atoms with Crippen molar-refractivity contribution in [1.29, 1.82) is 0 Å². The number of benzene rings is 1. The van der Waals surface area contributed by atoms with Crippen molar-refractivity contribution in [1.82, 2.24) is 15.0 Å². The highest BCUT2D eigenvalue weighted by atomic mass is 32.2. The van der Waals surface area contributed by atoms with Gasteiger partial charge in [0.15, 0.2) is 37.3 Å². The van der Waals surface area contributed by atoms with E-state index in [1.165, 1.54) is 35.6 Å². The largest absolute Gasteiger partial charge is 0.389 e. The van der Waals surface area contributed by atoms with Crippen LogP contribution in [-0.2, 0) is 28.9 Å². The van der Waals surface area contributed by atoms with Crippen molar-refractivity contribution in [2.75, 3.05) is 44.1 Å². The molecule has 2 atom stereocenters. The lowest BCUT2D eigenvalue weighted by Crippen LogP contribution is -2.25. The summed E-state index contributed by atoms with van der Waals surface area (Å²) in [5.74, 6) is 0.0132. The summed E-state index contributed by atoms with van der Waals surface area (Å²) < 4.78 is 36.3. The number of carbonyl (C=O) groups is 1. The van der Waals surface area contributed by atoms with E-state index < -0.39 is 21.0 Å². The van der Waals surface area contributed by atoms with E-state index in [1.807, 2.05) is 0 Å². The molecule has 12 nitrogen and oxygen atoms in total. The minimum absolute atomic E-state index is 0.0221. The smallest absolute Gasteiger partial charge is 0.280 e. The number of fused-ring (bicyclic) bond motifs is 1. The molecule has 3 aromatic rings. The lowest BCUT2D eigenvalue weighted by molar-refractivity contribution is -0.110. The van der Waals surface area contributed by atoms with Gasteiger partial charge in [0.1, 0.15) is 5.82 Å². The highest BCUT2D eigenvalue weighted by molar-refractivity contribution is 7.92. The third-order valence-electron chi connectivity index (χ3n) is 5.78. The molecule has 2 N–H and O–H groups in total. The predicted molar refractivity (Wildman–Crippen MR) is 133 cm³/mol. The molecule has 2 aromatic heterocycles. The predicted octanol–water partition coefficient (Wildman–Crippen LogP) is 1.84. The number of aromatic nitrogens is 3. The van der Waals surface area contributed by atoms with Crippen molar-refractivity contribution in [2.45, 2.75) is 29.1 Å². The van der Waals surface area contributed by atoms with E-state index in [9.17, 15) is 13.2 Å². The molecule has 0 aliphatic carbocycles. The Kier molecular flexibility index (Phi) is 7.09. The second-order valence-electron chi connectivity index (χ2n) is 8.19. The molecular formula is C22H24N6O6S2. The van der Waals surface area contributed by atoms with Crippen LogP contribution in [0.4, 0.5) is 10.9 Å². The van der Waals surface area contributed by atoms with E-state index in [4.69, 9.17) is 14.3 Å². The molecule has 0 saturated carbocycles. The van der Waals surface area contributed by atoms with E-state index in [0.29, 0.717) is 59.7 Å². The number of nitrogens with one attached hydrogen (secondary N) is 2. The summed E-state index contributed by atoms with van der Waals surface area (Å²) in [6.07, 6.45) is 2.39. The van der Waals surface area contributed by atoms with Gasteiger partial charge < -0.3 is 19.6 Å². The number of ether oxygens (including phenoxy) is 2. The van der Waals surface area contributed by atoms with Gasteiger partial charge >= 0.3 is 0 Å². The van der Waals surface area contributed by atoms with Crippen molar-refractivity contribution in [3.8, 4) is 0 Å². The molecule has 2 saturated heterocycles. The second kappa shape index (κ2) is 10.4. The number of hydrogen-bond acceptors (Lipinski definition) is 12. The molecule has 0 radical (unpaired) electrons. The van der Waals surface area contributed by atoms with Crippen LogP contribution in [0.25, 0.3) is 10.5 Å². The van der Waals surface area contributed by atoms with Gasteiger partial charge in [-0.2, -0.15) is 4.98 Å². The maximum atomic E-state index is 13.2. The normalized spacial score (nSPS) is 20.5. The minimum Gasteiger partial charge on any atom is -0.389 e. The summed E-state index contributed by atoms with van der Waals surface area (Å²) in [4.78, 5) is 32.4. The molecule has 1 aromatic carbocycles. The number of sulfone groups is 1. The lowest BCUT2D eigenvalue weighted by Gasteiger charge is -2.12. The maximum Gasteiger partial charge on any atom is 0.280 e. The van der Waals surface area contributed by atoms with Gasteiger partial charge in [-0.3, -0.25) is 10.1 Å². The Morgan fingerprint density at radius 3 is 2.61 bits per heavy atom. The van der Waals surface area contributed by atoms with Crippen molar-refractivity contribution in [3.05, 3.63) is 36.0 Å². The number of oxime groups is 1. The molecule has 5 rings (SSSR count). The first-order valence-electron chi connectivity index (χ1n) is 11.3. The number of anilines is 2. The monoisotopic (exact) mass is 532 g/mol. The van der Waals surface area contributed by atoms with Crippen molar-refractivity contribution in [3.63, 3.8) is 0 Å². The van der Waals surface area contributed by atoms with Crippen LogP contribution in [0.5, 0.6) is 0 Å². The van der Waals surface area contributed by atoms with Gasteiger partial charge in [-0.1, -0.05) is 28.6 Å². The Balaban J connectivity index is 1.40. The van der Waals surface area contributed by atoms with E-state index in [-0.39, 0.29) is 23.3 Å².